The van der Waals surface area contributed by atoms with E-state index in [0.29, 0.717) is 36.7 Å². The molecule has 0 aliphatic carbocycles. The van der Waals surface area contributed by atoms with E-state index in [1.807, 2.05) is 6.92 Å². The summed E-state index contributed by atoms with van der Waals surface area (Å²) in [6.45, 7) is 3.08. The predicted octanol–water partition coefficient (Wildman–Crippen LogP) is 1.77. The number of hydrogen-bond acceptors (Lipinski definition) is 4. The molecule has 1 aliphatic rings. The van der Waals surface area contributed by atoms with Crippen molar-refractivity contribution in [2.45, 2.75) is 25.8 Å². The first kappa shape index (κ1) is 11.9. The monoisotopic (exact) mass is 235 g/mol. The van der Waals surface area contributed by atoms with Crippen molar-refractivity contribution in [1.82, 2.24) is 0 Å². The number of ketones is 1. The molecule has 0 saturated carbocycles. The first-order valence-electron chi connectivity index (χ1n) is 5.92. The lowest BCUT2D eigenvalue weighted by Gasteiger charge is -2.19. The Kier molecular flexibility index (Phi) is 3.64. The third-order valence-corrected chi connectivity index (χ3v) is 2.76. The van der Waals surface area contributed by atoms with Gasteiger partial charge in [0.2, 0.25) is 0 Å². The van der Waals surface area contributed by atoms with Crippen molar-refractivity contribution < 1.29 is 14.3 Å². The molecule has 0 aromatic heterocycles. The van der Waals surface area contributed by atoms with Crippen molar-refractivity contribution in [3.8, 4) is 11.5 Å². The Morgan fingerprint density at radius 3 is 2.76 bits per heavy atom. The largest absolute Gasteiger partial charge is 0.486 e. The molecule has 1 unspecified atom stereocenters. The zero-order valence-electron chi connectivity index (χ0n) is 9.94. The highest BCUT2D eigenvalue weighted by Gasteiger charge is 2.18. The molecule has 1 aromatic rings. The quantitative estimate of drug-likeness (QED) is 0.808. The summed E-state index contributed by atoms with van der Waals surface area (Å²) in [5.74, 6) is 1.28. The molecule has 0 saturated heterocycles. The van der Waals surface area contributed by atoms with Gasteiger partial charge in [-0.15, -0.1) is 0 Å². The van der Waals surface area contributed by atoms with Crippen LogP contribution in [-0.2, 0) is 0 Å². The Labute approximate surface area is 101 Å². The topological polar surface area (TPSA) is 61.6 Å². The third-order valence-electron chi connectivity index (χ3n) is 2.76. The summed E-state index contributed by atoms with van der Waals surface area (Å²) in [6.07, 6.45) is 1.60. The van der Waals surface area contributed by atoms with Crippen LogP contribution in [0.15, 0.2) is 18.2 Å². The van der Waals surface area contributed by atoms with Crippen molar-refractivity contribution in [1.29, 1.82) is 0 Å². The second-order valence-electron chi connectivity index (χ2n) is 4.12. The maximum atomic E-state index is 12.0. The van der Waals surface area contributed by atoms with Gasteiger partial charge in [-0.3, -0.25) is 4.79 Å². The van der Waals surface area contributed by atoms with Crippen LogP contribution in [0.25, 0.3) is 0 Å². The summed E-state index contributed by atoms with van der Waals surface area (Å²) in [6, 6.07) is 4.79. The first-order valence-corrected chi connectivity index (χ1v) is 5.92. The van der Waals surface area contributed by atoms with Crippen LogP contribution in [0.2, 0.25) is 0 Å². The average molecular weight is 235 g/mol. The fraction of sp³-hybridized carbons (Fsp3) is 0.462. The molecule has 17 heavy (non-hydrogen) atoms. The second-order valence-corrected chi connectivity index (χ2v) is 4.12. The molecule has 0 bridgehead atoms. The van der Waals surface area contributed by atoms with Crippen molar-refractivity contribution in [3.63, 3.8) is 0 Å². The van der Waals surface area contributed by atoms with Gasteiger partial charge in [0.25, 0.3) is 0 Å². The van der Waals surface area contributed by atoms with Crippen LogP contribution < -0.4 is 15.2 Å². The van der Waals surface area contributed by atoms with E-state index in [1.165, 1.54) is 0 Å². The van der Waals surface area contributed by atoms with Gasteiger partial charge >= 0.3 is 0 Å². The summed E-state index contributed by atoms with van der Waals surface area (Å²) >= 11 is 0. The molecule has 0 amide bonds. The molecular weight excluding hydrogens is 218 g/mol. The molecule has 92 valence electrons. The van der Waals surface area contributed by atoms with Gasteiger partial charge in [0.05, 0.1) is 6.04 Å². The van der Waals surface area contributed by atoms with Gasteiger partial charge in [-0.25, -0.2) is 0 Å². The van der Waals surface area contributed by atoms with Gasteiger partial charge < -0.3 is 15.2 Å². The number of carbonyl (C=O) groups is 1. The zero-order chi connectivity index (χ0) is 12.3. The summed E-state index contributed by atoms with van der Waals surface area (Å²) in [7, 11) is 0. The van der Waals surface area contributed by atoms with Crippen molar-refractivity contribution in [2.24, 2.45) is 5.73 Å². The van der Waals surface area contributed by atoms with E-state index in [4.69, 9.17) is 15.2 Å². The molecule has 1 aliphatic heterocycles. The highest BCUT2D eigenvalue weighted by Crippen LogP contribution is 2.31. The minimum atomic E-state index is -0.428. The smallest absolute Gasteiger partial charge is 0.179 e. The third kappa shape index (κ3) is 2.58. The van der Waals surface area contributed by atoms with E-state index >= 15 is 0 Å². The summed E-state index contributed by atoms with van der Waals surface area (Å²) < 4.78 is 10.8. The van der Waals surface area contributed by atoms with Crippen LogP contribution in [0, 0.1) is 0 Å². The van der Waals surface area contributed by atoms with E-state index < -0.39 is 6.04 Å². The molecule has 0 spiro atoms. The summed E-state index contributed by atoms with van der Waals surface area (Å²) in [4.78, 5) is 12.0. The van der Waals surface area contributed by atoms with Crippen LogP contribution in [0.4, 0.5) is 0 Å². The second kappa shape index (κ2) is 5.19. The van der Waals surface area contributed by atoms with Crippen LogP contribution >= 0.6 is 0 Å². The number of nitrogens with two attached hydrogens (primary N) is 1. The summed E-state index contributed by atoms with van der Waals surface area (Å²) in [5, 5.41) is 0. The van der Waals surface area contributed by atoms with Crippen LogP contribution in [0.3, 0.4) is 0 Å². The van der Waals surface area contributed by atoms with E-state index in [-0.39, 0.29) is 5.78 Å². The molecule has 1 atom stereocenters. The highest BCUT2D eigenvalue weighted by molar-refractivity contribution is 6.00. The molecule has 4 heteroatoms. The molecule has 4 nitrogen and oxygen atoms in total. The molecule has 1 aromatic carbocycles. The minimum absolute atomic E-state index is 0.0381. The number of benzene rings is 1. The SMILES string of the molecule is CCCC(N)C(=O)c1ccc2c(c1)OCCO2. The molecule has 2 N–H and O–H groups in total. The normalized spacial score (nSPS) is 15.4. The number of fused-ring (bicyclic) bond motifs is 1. The van der Waals surface area contributed by atoms with E-state index in [0.717, 1.165) is 6.42 Å². The molecular formula is C13H17NO3. The van der Waals surface area contributed by atoms with Crippen molar-refractivity contribution in [3.05, 3.63) is 23.8 Å². The lowest BCUT2D eigenvalue weighted by atomic mass is 10.0. The number of ether oxygens (including phenoxy) is 2. The van der Waals surface area contributed by atoms with Crippen LogP contribution in [0.5, 0.6) is 11.5 Å². The van der Waals surface area contributed by atoms with E-state index in [9.17, 15) is 4.79 Å². The van der Waals surface area contributed by atoms with Gasteiger partial charge in [-0.2, -0.15) is 0 Å². The van der Waals surface area contributed by atoms with Crippen molar-refractivity contribution in [2.75, 3.05) is 13.2 Å². The standard InChI is InChI=1S/C13H17NO3/c1-2-3-10(14)13(15)9-4-5-11-12(8-9)17-7-6-16-11/h4-5,8,10H,2-3,6-7,14H2,1H3. The average Bonchev–Trinajstić information content (AvgIpc) is 2.37. The van der Waals surface area contributed by atoms with E-state index in [2.05, 4.69) is 0 Å². The fourth-order valence-corrected chi connectivity index (χ4v) is 1.85. The van der Waals surface area contributed by atoms with Gasteiger partial charge in [-0.05, 0) is 24.6 Å². The van der Waals surface area contributed by atoms with Gasteiger partial charge in [0, 0.05) is 5.56 Å². The lowest BCUT2D eigenvalue weighted by molar-refractivity contribution is 0.0955. The van der Waals surface area contributed by atoms with Gasteiger partial charge in [0.15, 0.2) is 17.3 Å². The predicted molar refractivity (Wildman–Crippen MR) is 64.6 cm³/mol. The Hall–Kier alpha value is -1.55. The van der Waals surface area contributed by atoms with Gasteiger partial charge in [0.1, 0.15) is 13.2 Å². The Morgan fingerprint density at radius 1 is 1.35 bits per heavy atom. The minimum Gasteiger partial charge on any atom is -0.486 e. The Balaban J connectivity index is 2.19. The lowest BCUT2D eigenvalue weighted by Crippen LogP contribution is -2.30. The maximum Gasteiger partial charge on any atom is 0.179 e. The number of carbonyl (C=O) groups excluding carboxylic acids is 1. The van der Waals surface area contributed by atoms with Crippen molar-refractivity contribution >= 4 is 5.78 Å². The summed E-state index contributed by atoms with van der Waals surface area (Å²) in [5.41, 5.74) is 6.41. The number of Topliss-reactive ketones (excluding diaryl/α,β-unsaturated/α-hetero) is 1. The molecule has 0 fully saturated rings. The first-order chi connectivity index (χ1) is 8.22. The van der Waals surface area contributed by atoms with Gasteiger partial charge in [-0.1, -0.05) is 13.3 Å². The highest BCUT2D eigenvalue weighted by atomic mass is 16.6. The maximum absolute atomic E-state index is 12.0. The molecule has 1 heterocycles. The number of hydrogen-bond donors (Lipinski definition) is 1. The zero-order valence-corrected chi connectivity index (χ0v) is 9.94. The number of rotatable bonds is 4. The molecule has 0 radical (unpaired) electrons. The van der Waals surface area contributed by atoms with Crippen LogP contribution in [0.1, 0.15) is 30.1 Å². The van der Waals surface area contributed by atoms with E-state index in [1.54, 1.807) is 18.2 Å². The fourth-order valence-electron chi connectivity index (χ4n) is 1.85. The Bertz CT molecular complexity index is 417. The molecule has 2 rings (SSSR count). The Morgan fingerprint density at radius 2 is 2.06 bits per heavy atom. The van der Waals surface area contributed by atoms with Crippen LogP contribution in [-0.4, -0.2) is 25.0 Å².